The Kier molecular flexibility index (Phi) is 4.62. The molecule has 0 radical (unpaired) electrons. The van der Waals surface area contributed by atoms with Crippen LogP contribution in [0.25, 0.3) is 0 Å². The molecule has 0 amide bonds. The van der Waals surface area contributed by atoms with Crippen LogP contribution in [0, 0.1) is 0 Å². The summed E-state index contributed by atoms with van der Waals surface area (Å²) in [5.74, 6) is 0.935. The first kappa shape index (κ1) is 12.0. The molecule has 1 aromatic rings. The van der Waals surface area contributed by atoms with Gasteiger partial charge in [-0.1, -0.05) is 31.4 Å². The summed E-state index contributed by atoms with van der Waals surface area (Å²) in [5.41, 5.74) is 5.57. The number of hydrogen-bond acceptors (Lipinski definition) is 4. The standard InChI is InChI=1S/C10H17ClN4/c1-3-4-5-7(2)15-10-8(11)9(12)13-6-14-10/h6-7H,3-5H2,1-2H3,(H3,12,13,14,15). The summed E-state index contributed by atoms with van der Waals surface area (Å²) in [6.45, 7) is 4.27. The SMILES string of the molecule is CCCCC(C)Nc1ncnc(N)c1Cl. The Labute approximate surface area is 95.3 Å². The molecule has 0 fully saturated rings. The molecule has 1 atom stereocenters. The van der Waals surface area contributed by atoms with E-state index in [9.17, 15) is 0 Å². The molecule has 3 N–H and O–H groups in total. The molecule has 5 heteroatoms. The molecular formula is C10H17ClN4. The van der Waals surface area contributed by atoms with Crippen LogP contribution in [0.5, 0.6) is 0 Å². The van der Waals surface area contributed by atoms with E-state index in [0.717, 1.165) is 6.42 Å². The van der Waals surface area contributed by atoms with Gasteiger partial charge in [0.25, 0.3) is 0 Å². The van der Waals surface area contributed by atoms with Gasteiger partial charge in [-0.15, -0.1) is 0 Å². The molecule has 0 aliphatic heterocycles. The molecule has 0 aromatic carbocycles. The quantitative estimate of drug-likeness (QED) is 0.814. The minimum absolute atomic E-state index is 0.317. The van der Waals surface area contributed by atoms with Crippen molar-refractivity contribution in [2.75, 3.05) is 11.1 Å². The van der Waals surface area contributed by atoms with Crippen LogP contribution in [0.3, 0.4) is 0 Å². The molecule has 1 aromatic heterocycles. The lowest BCUT2D eigenvalue weighted by molar-refractivity contribution is 0.643. The molecule has 0 bridgehead atoms. The lowest BCUT2D eigenvalue weighted by Gasteiger charge is -2.14. The Morgan fingerprint density at radius 1 is 1.53 bits per heavy atom. The topological polar surface area (TPSA) is 63.8 Å². The van der Waals surface area contributed by atoms with Crippen molar-refractivity contribution in [2.45, 2.75) is 39.2 Å². The van der Waals surface area contributed by atoms with E-state index in [-0.39, 0.29) is 0 Å². The Bertz CT molecular complexity index is 316. The summed E-state index contributed by atoms with van der Waals surface area (Å²) in [5, 5.41) is 3.63. The number of nitrogens with zero attached hydrogens (tertiary/aromatic N) is 2. The number of hydrogen-bond donors (Lipinski definition) is 2. The Balaban J connectivity index is 2.60. The van der Waals surface area contributed by atoms with Crippen LogP contribution in [0.4, 0.5) is 11.6 Å². The third-order valence-corrected chi connectivity index (χ3v) is 2.56. The Morgan fingerprint density at radius 2 is 2.27 bits per heavy atom. The zero-order chi connectivity index (χ0) is 11.3. The highest BCUT2D eigenvalue weighted by atomic mass is 35.5. The van der Waals surface area contributed by atoms with Gasteiger partial charge in [-0.2, -0.15) is 0 Å². The molecule has 84 valence electrons. The van der Waals surface area contributed by atoms with Gasteiger partial charge in [0.2, 0.25) is 0 Å². The molecule has 0 aliphatic carbocycles. The van der Waals surface area contributed by atoms with Crippen molar-refractivity contribution in [3.8, 4) is 0 Å². The first-order valence-corrected chi connectivity index (χ1v) is 5.55. The average Bonchev–Trinajstić information content (AvgIpc) is 2.22. The third kappa shape index (κ3) is 3.55. The molecule has 0 aliphatic rings. The monoisotopic (exact) mass is 228 g/mol. The van der Waals surface area contributed by atoms with Gasteiger partial charge in [0.15, 0.2) is 5.82 Å². The molecule has 1 rings (SSSR count). The number of rotatable bonds is 5. The van der Waals surface area contributed by atoms with Gasteiger partial charge in [-0.3, -0.25) is 0 Å². The van der Waals surface area contributed by atoms with Crippen LogP contribution in [-0.4, -0.2) is 16.0 Å². The van der Waals surface area contributed by atoms with E-state index < -0.39 is 0 Å². The van der Waals surface area contributed by atoms with E-state index in [0.29, 0.717) is 22.7 Å². The largest absolute Gasteiger partial charge is 0.382 e. The molecule has 4 nitrogen and oxygen atoms in total. The van der Waals surface area contributed by atoms with E-state index in [4.69, 9.17) is 17.3 Å². The smallest absolute Gasteiger partial charge is 0.150 e. The van der Waals surface area contributed by atoms with Crippen molar-refractivity contribution in [2.24, 2.45) is 0 Å². The molecule has 15 heavy (non-hydrogen) atoms. The second kappa shape index (κ2) is 5.75. The number of aromatic nitrogens is 2. The fourth-order valence-electron chi connectivity index (χ4n) is 1.30. The first-order chi connectivity index (χ1) is 7.15. The van der Waals surface area contributed by atoms with Crippen LogP contribution < -0.4 is 11.1 Å². The van der Waals surface area contributed by atoms with Crippen molar-refractivity contribution in [1.29, 1.82) is 0 Å². The maximum Gasteiger partial charge on any atom is 0.150 e. The molecule has 1 unspecified atom stereocenters. The summed E-state index contributed by atoms with van der Waals surface area (Å²) in [6.07, 6.45) is 4.88. The highest BCUT2D eigenvalue weighted by Crippen LogP contribution is 2.24. The molecule has 0 saturated carbocycles. The van der Waals surface area contributed by atoms with Crippen LogP contribution in [0.15, 0.2) is 6.33 Å². The highest BCUT2D eigenvalue weighted by Gasteiger charge is 2.08. The number of nitrogens with one attached hydrogen (secondary N) is 1. The van der Waals surface area contributed by atoms with E-state index >= 15 is 0 Å². The van der Waals surface area contributed by atoms with Crippen molar-refractivity contribution < 1.29 is 0 Å². The lowest BCUT2D eigenvalue weighted by atomic mass is 10.1. The van der Waals surface area contributed by atoms with Crippen LogP contribution >= 0.6 is 11.6 Å². The summed E-state index contributed by atoms with van der Waals surface area (Å²) in [4.78, 5) is 7.86. The Hall–Kier alpha value is -1.03. The van der Waals surface area contributed by atoms with E-state index in [1.54, 1.807) is 0 Å². The zero-order valence-electron chi connectivity index (χ0n) is 9.13. The molecule has 0 spiro atoms. The maximum absolute atomic E-state index is 5.96. The first-order valence-electron chi connectivity index (χ1n) is 5.17. The Morgan fingerprint density at radius 3 is 2.93 bits per heavy atom. The summed E-state index contributed by atoms with van der Waals surface area (Å²) in [7, 11) is 0. The number of nitrogens with two attached hydrogens (primary N) is 1. The van der Waals surface area contributed by atoms with Crippen LogP contribution in [-0.2, 0) is 0 Å². The highest BCUT2D eigenvalue weighted by molar-refractivity contribution is 6.35. The van der Waals surface area contributed by atoms with Crippen molar-refractivity contribution >= 4 is 23.2 Å². The van der Waals surface area contributed by atoms with Gasteiger partial charge in [0, 0.05) is 6.04 Å². The average molecular weight is 229 g/mol. The number of anilines is 2. The molecular weight excluding hydrogens is 212 g/mol. The fraction of sp³-hybridized carbons (Fsp3) is 0.600. The van der Waals surface area contributed by atoms with Crippen LogP contribution in [0.1, 0.15) is 33.1 Å². The zero-order valence-corrected chi connectivity index (χ0v) is 9.88. The third-order valence-electron chi connectivity index (χ3n) is 2.19. The van der Waals surface area contributed by atoms with Crippen LogP contribution in [0.2, 0.25) is 5.02 Å². The van der Waals surface area contributed by atoms with Gasteiger partial charge in [0.05, 0.1) is 0 Å². The minimum atomic E-state index is 0.317. The normalized spacial score (nSPS) is 12.5. The number of nitrogen functional groups attached to an aromatic ring is 1. The van der Waals surface area contributed by atoms with Crippen molar-refractivity contribution in [3.05, 3.63) is 11.3 Å². The van der Waals surface area contributed by atoms with Gasteiger partial charge in [0.1, 0.15) is 17.2 Å². The minimum Gasteiger partial charge on any atom is -0.382 e. The summed E-state index contributed by atoms with van der Waals surface area (Å²) < 4.78 is 0. The van der Waals surface area contributed by atoms with E-state index in [2.05, 4.69) is 29.1 Å². The van der Waals surface area contributed by atoms with Gasteiger partial charge < -0.3 is 11.1 Å². The second-order valence-corrected chi connectivity index (χ2v) is 3.99. The van der Waals surface area contributed by atoms with Gasteiger partial charge in [-0.05, 0) is 13.3 Å². The summed E-state index contributed by atoms with van der Waals surface area (Å²) in [6, 6.07) is 0.344. The van der Waals surface area contributed by atoms with Crippen molar-refractivity contribution in [1.82, 2.24) is 9.97 Å². The number of unbranched alkanes of at least 4 members (excludes halogenated alkanes) is 1. The lowest BCUT2D eigenvalue weighted by Crippen LogP contribution is -2.16. The maximum atomic E-state index is 5.96. The predicted molar refractivity (Wildman–Crippen MR) is 64.1 cm³/mol. The second-order valence-electron chi connectivity index (χ2n) is 3.61. The van der Waals surface area contributed by atoms with Gasteiger partial charge in [-0.25, -0.2) is 9.97 Å². The van der Waals surface area contributed by atoms with E-state index in [1.165, 1.54) is 19.2 Å². The van der Waals surface area contributed by atoms with Gasteiger partial charge >= 0.3 is 0 Å². The predicted octanol–water partition coefficient (Wildman–Crippen LogP) is 2.70. The van der Waals surface area contributed by atoms with Crippen molar-refractivity contribution in [3.63, 3.8) is 0 Å². The fourth-order valence-corrected chi connectivity index (χ4v) is 1.45. The molecule has 1 heterocycles. The summed E-state index contributed by atoms with van der Waals surface area (Å²) >= 11 is 5.96. The number of halogens is 1. The molecule has 0 saturated heterocycles. The van der Waals surface area contributed by atoms with E-state index in [1.807, 2.05) is 0 Å².